The second-order valence-electron chi connectivity index (χ2n) is 4.44. The van der Waals surface area contributed by atoms with E-state index in [2.05, 4.69) is 17.3 Å². The van der Waals surface area contributed by atoms with Crippen LogP contribution in [0.3, 0.4) is 0 Å². The number of aryl methyl sites for hydroxylation is 1. The Balaban J connectivity index is 1.81. The fourth-order valence-corrected chi connectivity index (χ4v) is 2.43. The van der Waals surface area contributed by atoms with Crippen molar-refractivity contribution in [3.63, 3.8) is 0 Å². The Hall–Kier alpha value is -1.03. The summed E-state index contributed by atoms with van der Waals surface area (Å²) in [5.74, 6) is 0. The predicted octanol–water partition coefficient (Wildman–Crippen LogP) is 3.93. The van der Waals surface area contributed by atoms with Gasteiger partial charge in [-0.2, -0.15) is 5.10 Å². The molecule has 1 N–H and O–H groups in total. The van der Waals surface area contributed by atoms with E-state index >= 15 is 0 Å². The Morgan fingerprint density at radius 2 is 2.16 bits per heavy atom. The summed E-state index contributed by atoms with van der Waals surface area (Å²) in [6.45, 7) is 3.91. The predicted molar refractivity (Wildman–Crippen MR) is 79.7 cm³/mol. The minimum atomic E-state index is 0.184. The number of benzene rings is 1. The third-order valence-corrected chi connectivity index (χ3v) is 3.86. The molecule has 1 aromatic heterocycles. The first-order valence-corrected chi connectivity index (χ1v) is 7.09. The van der Waals surface area contributed by atoms with Crippen LogP contribution in [0.25, 0.3) is 0 Å². The molecule has 2 aromatic rings. The number of hydrogen-bond donors (Lipinski definition) is 1. The normalized spacial score (nSPS) is 12.6. The molecule has 0 aliphatic rings. The summed E-state index contributed by atoms with van der Waals surface area (Å²) in [6, 6.07) is 7.84. The van der Waals surface area contributed by atoms with E-state index in [4.69, 9.17) is 23.2 Å². The van der Waals surface area contributed by atoms with Crippen molar-refractivity contribution in [2.24, 2.45) is 0 Å². The van der Waals surface area contributed by atoms with Crippen LogP contribution in [0.5, 0.6) is 0 Å². The molecule has 3 nitrogen and oxygen atoms in total. The van der Waals surface area contributed by atoms with Crippen molar-refractivity contribution in [1.82, 2.24) is 15.1 Å². The second kappa shape index (κ2) is 6.94. The van der Waals surface area contributed by atoms with Crippen LogP contribution in [0.1, 0.15) is 24.9 Å². The van der Waals surface area contributed by atoms with E-state index < -0.39 is 0 Å². The van der Waals surface area contributed by atoms with E-state index in [0.717, 1.165) is 25.1 Å². The van der Waals surface area contributed by atoms with Crippen molar-refractivity contribution in [1.29, 1.82) is 0 Å². The zero-order valence-electron chi connectivity index (χ0n) is 10.8. The van der Waals surface area contributed by atoms with E-state index in [1.807, 2.05) is 29.1 Å². The molecule has 0 amide bonds. The summed E-state index contributed by atoms with van der Waals surface area (Å²) < 4.78 is 1.93. The molecule has 1 unspecified atom stereocenters. The van der Waals surface area contributed by atoms with Crippen molar-refractivity contribution >= 4 is 23.2 Å². The maximum absolute atomic E-state index is 6.20. The minimum absolute atomic E-state index is 0.184. The summed E-state index contributed by atoms with van der Waals surface area (Å²) >= 11 is 12.2. The molecule has 0 radical (unpaired) electrons. The van der Waals surface area contributed by atoms with Gasteiger partial charge in [0.15, 0.2) is 0 Å². The monoisotopic (exact) mass is 297 g/mol. The number of halogens is 2. The number of hydrogen-bond acceptors (Lipinski definition) is 2. The maximum Gasteiger partial charge on any atom is 0.0639 e. The Labute approximate surface area is 123 Å². The second-order valence-corrected chi connectivity index (χ2v) is 5.23. The van der Waals surface area contributed by atoms with Crippen LogP contribution < -0.4 is 5.32 Å². The Morgan fingerprint density at radius 3 is 2.89 bits per heavy atom. The van der Waals surface area contributed by atoms with Crippen LogP contribution >= 0.6 is 23.2 Å². The zero-order chi connectivity index (χ0) is 13.7. The van der Waals surface area contributed by atoms with Gasteiger partial charge < -0.3 is 5.32 Å². The fraction of sp³-hybridized carbons (Fsp3) is 0.357. The molecule has 0 bridgehead atoms. The van der Waals surface area contributed by atoms with Gasteiger partial charge in [0.05, 0.1) is 10.0 Å². The molecule has 1 heterocycles. The van der Waals surface area contributed by atoms with Gasteiger partial charge in [-0.05, 0) is 37.6 Å². The van der Waals surface area contributed by atoms with Crippen molar-refractivity contribution < 1.29 is 0 Å². The Morgan fingerprint density at radius 1 is 1.32 bits per heavy atom. The lowest BCUT2D eigenvalue weighted by molar-refractivity contribution is 0.507. The highest BCUT2D eigenvalue weighted by atomic mass is 35.5. The maximum atomic E-state index is 6.20. The highest BCUT2D eigenvalue weighted by molar-refractivity contribution is 6.42. The van der Waals surface area contributed by atoms with Crippen LogP contribution in [0.4, 0.5) is 0 Å². The van der Waals surface area contributed by atoms with Gasteiger partial charge in [-0.1, -0.05) is 35.3 Å². The highest BCUT2D eigenvalue weighted by Crippen LogP contribution is 2.29. The first-order chi connectivity index (χ1) is 9.18. The Bertz CT molecular complexity index is 511. The van der Waals surface area contributed by atoms with E-state index in [-0.39, 0.29) is 6.04 Å². The van der Waals surface area contributed by atoms with Crippen molar-refractivity contribution in [2.75, 3.05) is 6.54 Å². The molecule has 0 saturated carbocycles. The standard InChI is InChI=1S/C14H17Cl2N3/c1-11(12-5-2-6-13(15)14(12)16)17-7-3-9-19-10-4-8-18-19/h2,4-6,8,10-11,17H,3,7,9H2,1H3. The molecule has 2 rings (SSSR count). The molecular weight excluding hydrogens is 281 g/mol. The number of aromatic nitrogens is 2. The van der Waals surface area contributed by atoms with E-state index in [9.17, 15) is 0 Å². The Kier molecular flexibility index (Phi) is 5.25. The van der Waals surface area contributed by atoms with Gasteiger partial charge >= 0.3 is 0 Å². The molecule has 5 heteroatoms. The van der Waals surface area contributed by atoms with Gasteiger partial charge in [-0.15, -0.1) is 0 Å². The van der Waals surface area contributed by atoms with E-state index in [1.165, 1.54) is 0 Å². The summed E-state index contributed by atoms with van der Waals surface area (Å²) in [5, 5.41) is 8.85. The molecule has 0 aliphatic carbocycles. The topological polar surface area (TPSA) is 29.9 Å². The molecule has 0 aliphatic heterocycles. The lowest BCUT2D eigenvalue weighted by Crippen LogP contribution is -2.21. The summed E-state index contributed by atoms with van der Waals surface area (Å²) in [5.41, 5.74) is 1.04. The summed E-state index contributed by atoms with van der Waals surface area (Å²) in [4.78, 5) is 0. The average Bonchev–Trinajstić information content (AvgIpc) is 2.91. The van der Waals surface area contributed by atoms with Crippen molar-refractivity contribution in [3.8, 4) is 0 Å². The van der Waals surface area contributed by atoms with Gasteiger partial charge in [-0.3, -0.25) is 4.68 Å². The lowest BCUT2D eigenvalue weighted by Gasteiger charge is -2.16. The van der Waals surface area contributed by atoms with Crippen molar-refractivity contribution in [3.05, 3.63) is 52.3 Å². The first kappa shape index (κ1) is 14.4. The fourth-order valence-electron chi connectivity index (χ4n) is 1.96. The molecule has 19 heavy (non-hydrogen) atoms. The van der Waals surface area contributed by atoms with Crippen LogP contribution in [0.15, 0.2) is 36.7 Å². The summed E-state index contributed by atoms with van der Waals surface area (Å²) in [6.07, 6.45) is 4.78. The van der Waals surface area contributed by atoms with Gasteiger partial charge in [0.25, 0.3) is 0 Å². The number of rotatable bonds is 6. The van der Waals surface area contributed by atoms with Gasteiger partial charge in [0.2, 0.25) is 0 Å². The van der Waals surface area contributed by atoms with Gasteiger partial charge in [0.1, 0.15) is 0 Å². The number of nitrogens with zero attached hydrogens (tertiary/aromatic N) is 2. The van der Waals surface area contributed by atoms with Gasteiger partial charge in [-0.25, -0.2) is 0 Å². The van der Waals surface area contributed by atoms with E-state index in [1.54, 1.807) is 12.3 Å². The first-order valence-electron chi connectivity index (χ1n) is 6.33. The molecule has 102 valence electrons. The van der Waals surface area contributed by atoms with Gasteiger partial charge in [0, 0.05) is 25.0 Å². The summed E-state index contributed by atoms with van der Waals surface area (Å²) in [7, 11) is 0. The molecule has 0 saturated heterocycles. The van der Waals surface area contributed by atoms with Crippen LogP contribution in [-0.4, -0.2) is 16.3 Å². The van der Waals surface area contributed by atoms with Crippen LogP contribution in [-0.2, 0) is 6.54 Å². The molecule has 0 fully saturated rings. The average molecular weight is 298 g/mol. The lowest BCUT2D eigenvalue weighted by atomic mass is 10.1. The SMILES string of the molecule is CC(NCCCn1cccn1)c1cccc(Cl)c1Cl. The smallest absolute Gasteiger partial charge is 0.0639 e. The minimum Gasteiger partial charge on any atom is -0.310 e. The van der Waals surface area contributed by atoms with Crippen LogP contribution in [0, 0.1) is 0 Å². The van der Waals surface area contributed by atoms with Crippen molar-refractivity contribution in [2.45, 2.75) is 25.9 Å². The largest absolute Gasteiger partial charge is 0.310 e. The third-order valence-electron chi connectivity index (χ3n) is 3.02. The third kappa shape index (κ3) is 3.96. The van der Waals surface area contributed by atoms with Crippen LogP contribution in [0.2, 0.25) is 10.0 Å². The quantitative estimate of drug-likeness (QED) is 0.819. The zero-order valence-corrected chi connectivity index (χ0v) is 12.3. The molecule has 0 spiro atoms. The molecular formula is C14H17Cl2N3. The molecule has 1 aromatic carbocycles. The van der Waals surface area contributed by atoms with E-state index in [0.29, 0.717) is 10.0 Å². The highest BCUT2D eigenvalue weighted by Gasteiger charge is 2.10. The molecule has 1 atom stereocenters. The number of nitrogens with one attached hydrogen (secondary N) is 1.